The van der Waals surface area contributed by atoms with Crippen LogP contribution in [0.5, 0.6) is 5.75 Å². The average molecular weight is 325 g/mol. The topological polar surface area (TPSA) is 122 Å². The van der Waals surface area contributed by atoms with Gasteiger partial charge in [-0.15, -0.1) is 0 Å². The summed E-state index contributed by atoms with van der Waals surface area (Å²) >= 11 is 0. The van der Waals surface area contributed by atoms with Crippen molar-refractivity contribution in [1.82, 2.24) is 0 Å². The van der Waals surface area contributed by atoms with Gasteiger partial charge in [-0.1, -0.05) is 0 Å². The van der Waals surface area contributed by atoms with Crippen LogP contribution < -0.4 is 15.8 Å². The van der Waals surface area contributed by atoms with Crippen molar-refractivity contribution < 1.29 is 22.7 Å². The minimum atomic E-state index is -3.97. The second-order valence-electron chi connectivity index (χ2n) is 4.31. The molecule has 22 heavy (non-hydrogen) atoms. The molecular weight excluding hydrogens is 313 g/mol. The van der Waals surface area contributed by atoms with Crippen LogP contribution in [0.4, 0.5) is 20.6 Å². The molecule has 0 aromatic heterocycles. The molecule has 5 N–H and O–H groups in total. The third-order valence-corrected chi connectivity index (χ3v) is 3.56. The number of halogens is 1. The van der Waals surface area contributed by atoms with Crippen molar-refractivity contribution in [1.29, 1.82) is 0 Å². The lowest BCUT2D eigenvalue weighted by Gasteiger charge is -2.10. The summed E-state index contributed by atoms with van der Waals surface area (Å²) in [6.07, 6.45) is 0. The van der Waals surface area contributed by atoms with E-state index in [9.17, 15) is 22.7 Å². The van der Waals surface area contributed by atoms with Gasteiger partial charge in [0.15, 0.2) is 0 Å². The van der Waals surface area contributed by atoms with E-state index in [1.807, 2.05) is 0 Å². The fourth-order valence-electron chi connectivity index (χ4n) is 1.61. The Bertz CT molecular complexity index is 807. The molecule has 0 saturated heterocycles. The minimum absolute atomic E-state index is 0.133. The average Bonchev–Trinajstić information content (AvgIpc) is 2.42. The zero-order chi connectivity index (χ0) is 16.3. The number of carbonyl (C=O) groups is 1. The van der Waals surface area contributed by atoms with Crippen LogP contribution in [0.2, 0.25) is 0 Å². The Kier molecular flexibility index (Phi) is 4.29. The van der Waals surface area contributed by atoms with Gasteiger partial charge in [-0.3, -0.25) is 0 Å². The predicted octanol–water partition coefficient (Wildman–Crippen LogP) is 1.82. The van der Waals surface area contributed by atoms with Gasteiger partial charge in [-0.2, -0.15) is 0 Å². The zero-order valence-electron chi connectivity index (χ0n) is 11.1. The molecule has 2 aromatic carbocycles. The summed E-state index contributed by atoms with van der Waals surface area (Å²) in [6, 6.07) is 7.48. The van der Waals surface area contributed by atoms with Gasteiger partial charge in [-0.05, 0) is 42.5 Å². The SMILES string of the molecule is NS(=O)(=O)c1ccc(O)c(NC(=O)Nc2ccc(F)cc2)c1. The quantitative estimate of drug-likeness (QED) is 0.643. The van der Waals surface area contributed by atoms with Gasteiger partial charge in [0.05, 0.1) is 10.6 Å². The van der Waals surface area contributed by atoms with Crippen molar-refractivity contribution >= 4 is 27.4 Å². The molecule has 0 bridgehead atoms. The third kappa shape index (κ3) is 3.93. The molecule has 0 spiro atoms. The predicted molar refractivity (Wildman–Crippen MR) is 78.5 cm³/mol. The summed E-state index contributed by atoms with van der Waals surface area (Å²) in [5.41, 5.74) is 0.187. The van der Waals surface area contributed by atoms with Crippen LogP contribution in [0.1, 0.15) is 0 Å². The van der Waals surface area contributed by atoms with Crippen molar-refractivity contribution in [2.75, 3.05) is 10.6 Å². The van der Waals surface area contributed by atoms with Crippen molar-refractivity contribution in [3.63, 3.8) is 0 Å². The second kappa shape index (κ2) is 6.00. The molecule has 116 valence electrons. The number of rotatable bonds is 3. The molecule has 0 aliphatic carbocycles. The molecule has 0 radical (unpaired) electrons. The Morgan fingerprint density at radius 1 is 1.09 bits per heavy atom. The summed E-state index contributed by atoms with van der Waals surface area (Å²) < 4.78 is 35.2. The van der Waals surface area contributed by atoms with E-state index in [1.54, 1.807) is 0 Å². The maximum Gasteiger partial charge on any atom is 0.323 e. The first kappa shape index (κ1) is 15.7. The lowest BCUT2D eigenvalue weighted by Crippen LogP contribution is -2.20. The fourth-order valence-corrected chi connectivity index (χ4v) is 2.15. The summed E-state index contributed by atoms with van der Waals surface area (Å²) in [6.45, 7) is 0. The number of urea groups is 1. The van der Waals surface area contributed by atoms with Crippen LogP contribution in [0.25, 0.3) is 0 Å². The highest BCUT2D eigenvalue weighted by atomic mass is 32.2. The molecule has 2 rings (SSSR count). The molecule has 9 heteroatoms. The Labute approximate surface area is 125 Å². The molecule has 2 aromatic rings. The van der Waals surface area contributed by atoms with Crippen molar-refractivity contribution in [2.45, 2.75) is 4.90 Å². The largest absolute Gasteiger partial charge is 0.506 e. The number of amides is 2. The first-order valence-corrected chi connectivity index (χ1v) is 7.50. The highest BCUT2D eigenvalue weighted by molar-refractivity contribution is 7.89. The zero-order valence-corrected chi connectivity index (χ0v) is 11.9. The van der Waals surface area contributed by atoms with E-state index in [1.165, 1.54) is 12.1 Å². The standard InChI is InChI=1S/C13H12FN3O4S/c14-8-1-3-9(4-2-8)16-13(19)17-11-7-10(22(15,20)21)5-6-12(11)18/h1-7,18H,(H2,15,20,21)(H2,16,17,19). The monoisotopic (exact) mass is 325 g/mol. The molecule has 0 atom stereocenters. The van der Waals surface area contributed by atoms with Gasteiger partial charge < -0.3 is 15.7 Å². The highest BCUT2D eigenvalue weighted by Crippen LogP contribution is 2.26. The number of hydrogen-bond acceptors (Lipinski definition) is 4. The van der Waals surface area contributed by atoms with Crippen molar-refractivity contribution in [3.05, 3.63) is 48.3 Å². The smallest absolute Gasteiger partial charge is 0.323 e. The highest BCUT2D eigenvalue weighted by Gasteiger charge is 2.13. The number of primary sulfonamides is 1. The van der Waals surface area contributed by atoms with E-state index in [2.05, 4.69) is 10.6 Å². The van der Waals surface area contributed by atoms with Crippen LogP contribution in [0.3, 0.4) is 0 Å². The maximum absolute atomic E-state index is 12.7. The van der Waals surface area contributed by atoms with E-state index in [4.69, 9.17) is 5.14 Å². The van der Waals surface area contributed by atoms with Gasteiger partial charge in [0.25, 0.3) is 0 Å². The summed E-state index contributed by atoms with van der Waals surface area (Å²) in [7, 11) is -3.97. The van der Waals surface area contributed by atoms with Crippen LogP contribution in [0, 0.1) is 5.82 Å². The van der Waals surface area contributed by atoms with E-state index >= 15 is 0 Å². The molecule has 0 aliphatic heterocycles. The van der Waals surface area contributed by atoms with E-state index in [-0.39, 0.29) is 16.3 Å². The Morgan fingerprint density at radius 2 is 1.73 bits per heavy atom. The number of carbonyl (C=O) groups excluding carboxylic acids is 1. The lowest BCUT2D eigenvalue weighted by atomic mass is 10.3. The third-order valence-electron chi connectivity index (χ3n) is 2.65. The van der Waals surface area contributed by atoms with Crippen molar-refractivity contribution in [3.8, 4) is 5.75 Å². The normalized spacial score (nSPS) is 11.0. The van der Waals surface area contributed by atoms with Gasteiger partial charge in [-0.25, -0.2) is 22.7 Å². The lowest BCUT2D eigenvalue weighted by molar-refractivity contribution is 0.262. The molecule has 0 fully saturated rings. The number of nitrogens with two attached hydrogens (primary N) is 1. The summed E-state index contributed by atoms with van der Waals surface area (Å²) in [5.74, 6) is -0.786. The fraction of sp³-hybridized carbons (Fsp3) is 0. The van der Waals surface area contributed by atoms with Crippen molar-refractivity contribution in [2.24, 2.45) is 5.14 Å². The number of sulfonamides is 1. The minimum Gasteiger partial charge on any atom is -0.506 e. The van der Waals surface area contributed by atoms with Gasteiger partial charge in [0.2, 0.25) is 10.0 Å². The number of benzene rings is 2. The number of aromatic hydroxyl groups is 1. The Balaban J connectivity index is 2.16. The van der Waals surface area contributed by atoms with E-state index in [0.717, 1.165) is 30.3 Å². The van der Waals surface area contributed by atoms with Crippen LogP contribution in [-0.2, 0) is 10.0 Å². The molecule has 0 unspecified atom stereocenters. The molecule has 0 heterocycles. The number of phenolic OH excluding ortho intramolecular Hbond substituents is 1. The first-order valence-electron chi connectivity index (χ1n) is 5.95. The number of phenols is 1. The summed E-state index contributed by atoms with van der Waals surface area (Å²) in [4.78, 5) is 11.5. The number of anilines is 2. The number of nitrogens with one attached hydrogen (secondary N) is 2. The Hall–Kier alpha value is -2.65. The van der Waals surface area contributed by atoms with Gasteiger partial charge in [0, 0.05) is 5.69 Å². The molecule has 0 saturated carbocycles. The maximum atomic E-state index is 12.7. The molecular formula is C13H12FN3O4S. The van der Waals surface area contributed by atoms with Crippen LogP contribution in [-0.4, -0.2) is 19.6 Å². The number of hydrogen-bond donors (Lipinski definition) is 4. The van der Waals surface area contributed by atoms with E-state index in [0.29, 0.717) is 5.69 Å². The van der Waals surface area contributed by atoms with E-state index < -0.39 is 21.9 Å². The van der Waals surface area contributed by atoms with Gasteiger partial charge in [0.1, 0.15) is 11.6 Å². The summed E-state index contributed by atoms with van der Waals surface area (Å²) in [5, 5.41) is 19.3. The van der Waals surface area contributed by atoms with Crippen LogP contribution in [0.15, 0.2) is 47.4 Å². The van der Waals surface area contributed by atoms with Gasteiger partial charge >= 0.3 is 6.03 Å². The molecule has 2 amide bonds. The molecule has 7 nitrogen and oxygen atoms in total. The molecule has 0 aliphatic rings. The second-order valence-corrected chi connectivity index (χ2v) is 5.87. The van der Waals surface area contributed by atoms with Crippen LogP contribution >= 0.6 is 0 Å². The first-order chi connectivity index (χ1) is 10.3. The Morgan fingerprint density at radius 3 is 2.32 bits per heavy atom.